The summed E-state index contributed by atoms with van der Waals surface area (Å²) in [6.07, 6.45) is 0.412. The molecule has 0 radical (unpaired) electrons. The molecule has 0 bridgehead atoms. The van der Waals surface area contributed by atoms with Crippen LogP contribution in [0.5, 0.6) is 0 Å². The lowest BCUT2D eigenvalue weighted by Gasteiger charge is -2.10. The van der Waals surface area contributed by atoms with Gasteiger partial charge >= 0.3 is 0 Å². The molecule has 0 aromatic heterocycles. The molecule has 1 fully saturated rings. The Labute approximate surface area is 152 Å². The lowest BCUT2D eigenvalue weighted by molar-refractivity contribution is -0.119. The Bertz CT molecular complexity index is 889. The van der Waals surface area contributed by atoms with Gasteiger partial charge in [0.05, 0.1) is 17.4 Å². The van der Waals surface area contributed by atoms with E-state index < -0.39 is 15.8 Å². The minimum absolute atomic E-state index is 0.0421. The number of hydrogen-bond acceptors (Lipinski definition) is 4. The number of carbonyl (C=O) groups excluding carboxylic acids is 1. The summed E-state index contributed by atoms with van der Waals surface area (Å²) in [5.41, 5.74) is 3.23. The van der Waals surface area contributed by atoms with E-state index in [0.29, 0.717) is 12.1 Å². The van der Waals surface area contributed by atoms with Crippen LogP contribution in [0.2, 0.25) is 0 Å². The molecular formula is C19H21NO3S2. The third-order valence-electron chi connectivity index (χ3n) is 4.44. The van der Waals surface area contributed by atoms with Crippen molar-refractivity contribution in [3.05, 3.63) is 53.6 Å². The first kappa shape index (κ1) is 18.0. The van der Waals surface area contributed by atoms with Crippen LogP contribution in [-0.4, -0.2) is 25.8 Å². The molecule has 1 N–H and O–H groups in total. The van der Waals surface area contributed by atoms with Crippen molar-refractivity contribution in [1.29, 1.82) is 0 Å². The fraction of sp³-hybridized carbons (Fsp3) is 0.316. The number of hydrogen-bond donors (Lipinski definition) is 1. The molecule has 1 aliphatic heterocycles. The van der Waals surface area contributed by atoms with Crippen LogP contribution in [0.4, 0.5) is 5.69 Å². The summed E-state index contributed by atoms with van der Waals surface area (Å²) in [7, 11) is -3.04. The monoisotopic (exact) mass is 375 g/mol. The Morgan fingerprint density at radius 2 is 1.72 bits per heavy atom. The lowest BCUT2D eigenvalue weighted by Crippen LogP contribution is -2.23. The molecule has 0 spiro atoms. The maximum absolute atomic E-state index is 12.2. The van der Waals surface area contributed by atoms with Gasteiger partial charge in [-0.2, -0.15) is 0 Å². The van der Waals surface area contributed by atoms with E-state index in [0.717, 1.165) is 4.90 Å². The zero-order valence-corrected chi connectivity index (χ0v) is 15.9. The maximum atomic E-state index is 12.2. The van der Waals surface area contributed by atoms with Crippen LogP contribution in [0.3, 0.4) is 0 Å². The fourth-order valence-electron chi connectivity index (χ4n) is 2.77. The van der Waals surface area contributed by atoms with Gasteiger partial charge < -0.3 is 5.32 Å². The molecule has 1 saturated heterocycles. The van der Waals surface area contributed by atoms with E-state index in [2.05, 4.69) is 37.4 Å². The van der Waals surface area contributed by atoms with Gasteiger partial charge in [0.2, 0.25) is 5.91 Å². The van der Waals surface area contributed by atoms with Crippen molar-refractivity contribution < 1.29 is 13.2 Å². The van der Waals surface area contributed by atoms with Gasteiger partial charge in [-0.15, -0.1) is 0 Å². The second kappa shape index (κ2) is 7.22. The molecule has 1 atom stereocenters. The summed E-state index contributed by atoms with van der Waals surface area (Å²) in [4.78, 5) is 14.4. The number of sulfone groups is 1. The molecule has 25 heavy (non-hydrogen) atoms. The van der Waals surface area contributed by atoms with Gasteiger partial charge in [-0.1, -0.05) is 17.8 Å². The van der Waals surface area contributed by atoms with Gasteiger partial charge in [-0.3, -0.25) is 4.79 Å². The standard InChI is InChI=1S/C19H21NO3S2/c1-13-3-6-18(11-14(13)2)24-17-7-4-16(5-8-17)20-19(21)15-9-10-25(22,23)12-15/h3-8,11,15H,9-10,12H2,1-2H3,(H,20,21)/t15-/m1/s1. The molecule has 1 heterocycles. The van der Waals surface area contributed by atoms with E-state index in [1.165, 1.54) is 16.0 Å². The Balaban J connectivity index is 1.62. The number of benzene rings is 2. The van der Waals surface area contributed by atoms with E-state index in [1.807, 2.05) is 24.3 Å². The Morgan fingerprint density at radius 3 is 2.32 bits per heavy atom. The van der Waals surface area contributed by atoms with Crippen molar-refractivity contribution in [2.75, 3.05) is 16.8 Å². The number of rotatable bonds is 4. The molecule has 0 saturated carbocycles. The number of aryl methyl sites for hydroxylation is 2. The number of nitrogens with one attached hydrogen (secondary N) is 1. The van der Waals surface area contributed by atoms with Crippen molar-refractivity contribution in [2.45, 2.75) is 30.1 Å². The zero-order valence-electron chi connectivity index (χ0n) is 14.3. The quantitative estimate of drug-likeness (QED) is 0.882. The number of carbonyl (C=O) groups is 1. The van der Waals surface area contributed by atoms with Crippen molar-refractivity contribution in [3.8, 4) is 0 Å². The molecule has 1 aliphatic rings. The Hall–Kier alpha value is -1.79. The van der Waals surface area contributed by atoms with Crippen molar-refractivity contribution in [1.82, 2.24) is 0 Å². The summed E-state index contributed by atoms with van der Waals surface area (Å²) in [6.45, 7) is 4.19. The third kappa shape index (κ3) is 4.64. The largest absolute Gasteiger partial charge is 0.326 e. The zero-order chi connectivity index (χ0) is 18.0. The molecule has 132 valence electrons. The first-order chi connectivity index (χ1) is 11.8. The predicted octanol–water partition coefficient (Wildman–Crippen LogP) is 3.83. The second-order valence-corrected chi connectivity index (χ2v) is 9.84. The maximum Gasteiger partial charge on any atom is 0.228 e. The molecule has 2 aromatic rings. The van der Waals surface area contributed by atoms with Crippen LogP contribution in [0.15, 0.2) is 52.3 Å². The van der Waals surface area contributed by atoms with Crippen LogP contribution in [-0.2, 0) is 14.6 Å². The van der Waals surface area contributed by atoms with Crippen LogP contribution in [0.25, 0.3) is 0 Å². The Kier molecular flexibility index (Phi) is 5.20. The molecule has 3 rings (SSSR count). The minimum atomic E-state index is -3.04. The normalized spacial score (nSPS) is 18.9. The first-order valence-electron chi connectivity index (χ1n) is 8.19. The summed E-state index contributed by atoms with van der Waals surface area (Å²) in [5.74, 6) is -0.582. The average Bonchev–Trinajstić information content (AvgIpc) is 2.93. The van der Waals surface area contributed by atoms with Crippen LogP contribution >= 0.6 is 11.8 Å². The highest BCUT2D eigenvalue weighted by Gasteiger charge is 2.32. The van der Waals surface area contributed by atoms with E-state index in [1.54, 1.807) is 11.8 Å². The van der Waals surface area contributed by atoms with Crippen LogP contribution in [0, 0.1) is 19.8 Å². The van der Waals surface area contributed by atoms with Crippen molar-refractivity contribution in [2.24, 2.45) is 5.92 Å². The summed E-state index contributed by atoms with van der Waals surface area (Å²) < 4.78 is 23.0. The van der Waals surface area contributed by atoms with Gasteiger partial charge in [0.25, 0.3) is 0 Å². The van der Waals surface area contributed by atoms with Gasteiger partial charge in [-0.05, 0) is 67.8 Å². The molecule has 6 heteroatoms. The third-order valence-corrected chi connectivity index (χ3v) is 7.20. The average molecular weight is 376 g/mol. The molecule has 2 aromatic carbocycles. The second-order valence-electron chi connectivity index (χ2n) is 6.46. The number of anilines is 1. The predicted molar refractivity (Wildman–Crippen MR) is 102 cm³/mol. The van der Waals surface area contributed by atoms with Crippen molar-refractivity contribution in [3.63, 3.8) is 0 Å². The van der Waals surface area contributed by atoms with Gasteiger partial charge in [0.15, 0.2) is 9.84 Å². The van der Waals surface area contributed by atoms with E-state index in [4.69, 9.17) is 0 Å². The van der Waals surface area contributed by atoms with E-state index in [9.17, 15) is 13.2 Å². The molecule has 0 aliphatic carbocycles. The van der Waals surface area contributed by atoms with Gasteiger partial charge in [-0.25, -0.2) is 8.42 Å². The van der Waals surface area contributed by atoms with Crippen LogP contribution < -0.4 is 5.32 Å². The summed E-state index contributed by atoms with van der Waals surface area (Å²) >= 11 is 1.67. The van der Waals surface area contributed by atoms with Crippen molar-refractivity contribution >= 4 is 33.2 Å². The smallest absolute Gasteiger partial charge is 0.228 e. The van der Waals surface area contributed by atoms with E-state index in [-0.39, 0.29) is 17.4 Å². The number of amides is 1. The topological polar surface area (TPSA) is 63.2 Å². The van der Waals surface area contributed by atoms with Gasteiger partial charge in [0, 0.05) is 15.5 Å². The molecular weight excluding hydrogens is 354 g/mol. The first-order valence-corrected chi connectivity index (χ1v) is 10.8. The molecule has 1 amide bonds. The summed E-state index contributed by atoms with van der Waals surface area (Å²) in [6, 6.07) is 14.0. The van der Waals surface area contributed by atoms with Crippen LogP contribution in [0.1, 0.15) is 17.5 Å². The highest BCUT2D eigenvalue weighted by Crippen LogP contribution is 2.30. The minimum Gasteiger partial charge on any atom is -0.326 e. The fourth-order valence-corrected chi connectivity index (χ4v) is 5.42. The molecule has 0 unspecified atom stereocenters. The lowest BCUT2D eigenvalue weighted by atomic mass is 10.1. The highest BCUT2D eigenvalue weighted by atomic mass is 32.2. The van der Waals surface area contributed by atoms with E-state index >= 15 is 0 Å². The highest BCUT2D eigenvalue weighted by molar-refractivity contribution is 7.99. The summed E-state index contributed by atoms with van der Waals surface area (Å²) in [5, 5.41) is 2.82. The SMILES string of the molecule is Cc1ccc(Sc2ccc(NC(=O)[C@@H]3CCS(=O)(=O)C3)cc2)cc1C. The molecule has 4 nitrogen and oxygen atoms in total. The van der Waals surface area contributed by atoms with Gasteiger partial charge in [0.1, 0.15) is 0 Å². The Morgan fingerprint density at radius 1 is 1.04 bits per heavy atom.